The summed E-state index contributed by atoms with van der Waals surface area (Å²) in [6.45, 7) is 0. The van der Waals surface area contributed by atoms with E-state index in [0.717, 1.165) is 5.56 Å². The molecule has 26 heavy (non-hydrogen) atoms. The molecule has 0 saturated carbocycles. The Balaban J connectivity index is 1.48. The second-order valence-electron chi connectivity index (χ2n) is 5.46. The number of hydrogen-bond donors (Lipinski definition) is 1. The van der Waals surface area contributed by atoms with Crippen molar-refractivity contribution in [3.63, 3.8) is 0 Å². The predicted octanol–water partition coefficient (Wildman–Crippen LogP) is 3.75. The number of aromatic nitrogens is 4. The molecule has 0 bridgehead atoms. The molecule has 0 aliphatic rings. The van der Waals surface area contributed by atoms with E-state index in [1.165, 1.54) is 28.6 Å². The highest BCUT2D eigenvalue weighted by Crippen LogP contribution is 2.26. The fourth-order valence-electron chi connectivity index (χ4n) is 2.44. The van der Waals surface area contributed by atoms with E-state index in [1.807, 2.05) is 30.3 Å². The van der Waals surface area contributed by atoms with Crippen LogP contribution >= 0.6 is 11.8 Å². The minimum absolute atomic E-state index is 0.354. The van der Waals surface area contributed by atoms with Crippen molar-refractivity contribution in [3.05, 3.63) is 72.5 Å². The number of oxazole rings is 1. The van der Waals surface area contributed by atoms with E-state index in [1.54, 1.807) is 18.3 Å². The van der Waals surface area contributed by atoms with E-state index in [9.17, 15) is 4.39 Å². The van der Waals surface area contributed by atoms with Crippen LogP contribution in [0.25, 0.3) is 22.7 Å². The smallest absolute Gasteiger partial charge is 0.210 e. The van der Waals surface area contributed by atoms with Gasteiger partial charge in [0, 0.05) is 11.1 Å². The van der Waals surface area contributed by atoms with Crippen LogP contribution in [0.3, 0.4) is 0 Å². The van der Waals surface area contributed by atoms with Gasteiger partial charge in [-0.1, -0.05) is 54.2 Å². The van der Waals surface area contributed by atoms with Gasteiger partial charge in [-0.2, -0.15) is 0 Å². The van der Waals surface area contributed by atoms with Gasteiger partial charge in [-0.25, -0.2) is 14.1 Å². The highest BCUT2D eigenvalue weighted by atomic mass is 32.2. The van der Waals surface area contributed by atoms with E-state index in [2.05, 4.69) is 15.2 Å². The number of benzene rings is 2. The highest BCUT2D eigenvalue weighted by Gasteiger charge is 2.14. The lowest BCUT2D eigenvalue weighted by atomic mass is 10.2. The van der Waals surface area contributed by atoms with Gasteiger partial charge < -0.3 is 10.3 Å². The number of nitrogens with zero attached hydrogens (tertiary/aromatic N) is 4. The van der Waals surface area contributed by atoms with E-state index < -0.39 is 0 Å². The minimum atomic E-state index is -0.354. The molecule has 6 nitrogen and oxygen atoms in total. The summed E-state index contributed by atoms with van der Waals surface area (Å²) in [4.78, 5) is 4.28. The molecule has 8 heteroatoms. The first-order valence-corrected chi connectivity index (χ1v) is 8.78. The van der Waals surface area contributed by atoms with Crippen LogP contribution in [-0.2, 0) is 5.75 Å². The molecule has 4 aromatic rings. The molecule has 2 aromatic heterocycles. The van der Waals surface area contributed by atoms with Crippen LogP contribution in [0.15, 0.2) is 70.4 Å². The first-order chi connectivity index (χ1) is 12.7. The molecule has 4 rings (SSSR count). The summed E-state index contributed by atoms with van der Waals surface area (Å²) in [5.41, 5.74) is 1.53. The standard InChI is InChI=1S/C18H14FN5OS/c19-14-8-4-7-13(9-14)17-22-23-18(24(17)20)26-11-16-21-10-15(25-16)12-5-2-1-3-6-12/h1-10H,11,20H2. The van der Waals surface area contributed by atoms with Gasteiger partial charge in [0.25, 0.3) is 0 Å². The maximum absolute atomic E-state index is 13.4. The summed E-state index contributed by atoms with van der Waals surface area (Å²) in [5.74, 6) is 7.80. The fraction of sp³-hybridized carbons (Fsp3) is 0.0556. The van der Waals surface area contributed by atoms with Gasteiger partial charge in [0.2, 0.25) is 11.0 Å². The van der Waals surface area contributed by atoms with Crippen LogP contribution in [-0.4, -0.2) is 19.9 Å². The summed E-state index contributed by atoms with van der Waals surface area (Å²) >= 11 is 1.34. The monoisotopic (exact) mass is 367 g/mol. The Morgan fingerprint density at radius 2 is 1.85 bits per heavy atom. The van der Waals surface area contributed by atoms with Crippen molar-refractivity contribution in [2.75, 3.05) is 5.84 Å². The molecule has 0 aliphatic heterocycles. The summed E-state index contributed by atoms with van der Waals surface area (Å²) < 4.78 is 20.5. The molecular formula is C18H14FN5OS. The Kier molecular flexibility index (Phi) is 4.40. The lowest BCUT2D eigenvalue weighted by Crippen LogP contribution is -2.11. The number of thioether (sulfide) groups is 1. The van der Waals surface area contributed by atoms with E-state index >= 15 is 0 Å². The minimum Gasteiger partial charge on any atom is -0.440 e. The summed E-state index contributed by atoms with van der Waals surface area (Å²) in [7, 11) is 0. The van der Waals surface area contributed by atoms with Gasteiger partial charge in [-0.15, -0.1) is 10.2 Å². The van der Waals surface area contributed by atoms with Crippen LogP contribution in [0.5, 0.6) is 0 Å². The van der Waals surface area contributed by atoms with Crippen molar-refractivity contribution in [3.8, 4) is 22.7 Å². The third-order valence-electron chi connectivity index (χ3n) is 3.68. The molecule has 0 saturated heterocycles. The zero-order valence-corrected chi connectivity index (χ0v) is 14.4. The Morgan fingerprint density at radius 1 is 1.04 bits per heavy atom. The number of nitrogen functional groups attached to an aromatic ring is 1. The van der Waals surface area contributed by atoms with E-state index in [4.69, 9.17) is 10.3 Å². The van der Waals surface area contributed by atoms with Crippen molar-refractivity contribution in [2.45, 2.75) is 10.9 Å². The Morgan fingerprint density at radius 3 is 2.65 bits per heavy atom. The Hall–Kier alpha value is -3.13. The maximum Gasteiger partial charge on any atom is 0.210 e. The number of rotatable bonds is 5. The summed E-state index contributed by atoms with van der Waals surface area (Å²) in [6.07, 6.45) is 1.69. The zero-order valence-electron chi connectivity index (χ0n) is 13.5. The van der Waals surface area contributed by atoms with E-state index in [-0.39, 0.29) is 5.82 Å². The average molecular weight is 367 g/mol. The zero-order chi connectivity index (χ0) is 17.9. The third-order valence-corrected chi connectivity index (χ3v) is 4.61. The number of nitrogens with two attached hydrogens (primary N) is 1. The van der Waals surface area contributed by atoms with Crippen LogP contribution in [0.2, 0.25) is 0 Å². The Labute approximate surface area is 152 Å². The van der Waals surface area contributed by atoms with Gasteiger partial charge in [-0.3, -0.25) is 0 Å². The SMILES string of the molecule is Nn1c(SCc2ncc(-c3ccccc3)o2)nnc1-c1cccc(F)c1. The summed E-state index contributed by atoms with van der Waals surface area (Å²) in [6, 6.07) is 15.8. The summed E-state index contributed by atoms with van der Waals surface area (Å²) in [5, 5.41) is 8.59. The van der Waals surface area contributed by atoms with Crippen LogP contribution in [0.4, 0.5) is 4.39 Å². The molecule has 0 radical (unpaired) electrons. The molecule has 2 heterocycles. The lowest BCUT2D eigenvalue weighted by molar-refractivity contribution is 0.529. The first kappa shape index (κ1) is 16.3. The second-order valence-corrected chi connectivity index (χ2v) is 6.40. The third kappa shape index (κ3) is 3.31. The molecule has 0 aliphatic carbocycles. The fourth-order valence-corrected chi connectivity index (χ4v) is 3.15. The maximum atomic E-state index is 13.4. The Bertz CT molecular complexity index is 1030. The molecule has 0 amide bonds. The van der Waals surface area contributed by atoms with Crippen molar-refractivity contribution >= 4 is 11.8 Å². The molecule has 2 N–H and O–H groups in total. The quantitative estimate of drug-likeness (QED) is 0.427. The van der Waals surface area contributed by atoms with Gasteiger partial charge >= 0.3 is 0 Å². The second kappa shape index (κ2) is 7.01. The van der Waals surface area contributed by atoms with Gasteiger partial charge in [-0.05, 0) is 12.1 Å². The van der Waals surface area contributed by atoms with Gasteiger partial charge in [0.15, 0.2) is 11.6 Å². The molecular weight excluding hydrogens is 353 g/mol. The lowest BCUT2D eigenvalue weighted by Gasteiger charge is -2.03. The highest BCUT2D eigenvalue weighted by molar-refractivity contribution is 7.98. The molecule has 2 aromatic carbocycles. The van der Waals surface area contributed by atoms with Crippen molar-refractivity contribution in [1.29, 1.82) is 0 Å². The van der Waals surface area contributed by atoms with Crippen LogP contribution in [0.1, 0.15) is 5.89 Å². The number of halogens is 1. The molecule has 0 atom stereocenters. The van der Waals surface area contributed by atoms with Crippen LogP contribution in [0, 0.1) is 5.82 Å². The van der Waals surface area contributed by atoms with Gasteiger partial charge in [0.1, 0.15) is 5.82 Å². The van der Waals surface area contributed by atoms with Crippen LogP contribution < -0.4 is 5.84 Å². The first-order valence-electron chi connectivity index (χ1n) is 7.80. The predicted molar refractivity (Wildman–Crippen MR) is 97.1 cm³/mol. The average Bonchev–Trinajstić information content (AvgIpc) is 3.28. The molecule has 130 valence electrons. The van der Waals surface area contributed by atoms with Crippen molar-refractivity contribution in [2.24, 2.45) is 0 Å². The molecule has 0 unspecified atom stereocenters. The molecule has 0 fully saturated rings. The largest absolute Gasteiger partial charge is 0.440 e. The normalized spacial score (nSPS) is 11.0. The van der Waals surface area contributed by atoms with Crippen molar-refractivity contribution < 1.29 is 8.81 Å². The topological polar surface area (TPSA) is 82.8 Å². The number of hydrogen-bond acceptors (Lipinski definition) is 6. The molecule has 0 spiro atoms. The van der Waals surface area contributed by atoms with E-state index in [0.29, 0.717) is 33.9 Å². The van der Waals surface area contributed by atoms with Gasteiger partial charge in [0.05, 0.1) is 11.9 Å². The van der Waals surface area contributed by atoms with Crippen molar-refractivity contribution in [1.82, 2.24) is 19.9 Å².